The Bertz CT molecular complexity index is 1790. The Morgan fingerprint density at radius 2 is 1.00 bits per heavy atom. The van der Waals surface area contributed by atoms with Gasteiger partial charge in [0.15, 0.2) is 10.3 Å². The van der Waals surface area contributed by atoms with Gasteiger partial charge in [0.2, 0.25) is 0 Å². The first-order valence-corrected chi connectivity index (χ1v) is 17.6. The molecule has 4 aliphatic heterocycles. The minimum Gasteiger partial charge on any atom is -0.337 e. The first-order chi connectivity index (χ1) is 22.4. The lowest BCUT2D eigenvalue weighted by Crippen LogP contribution is -2.29. The number of aliphatic imine (C=N–C) groups is 2. The Kier molecular flexibility index (Phi) is 8.36. The summed E-state index contributed by atoms with van der Waals surface area (Å²) in [6.07, 6.45) is 3.42. The first kappa shape index (κ1) is 30.5. The molecule has 46 heavy (non-hydrogen) atoms. The van der Waals surface area contributed by atoms with Crippen molar-refractivity contribution in [3.8, 4) is 0 Å². The smallest absolute Gasteiger partial charge is 0.269 e. The monoisotopic (exact) mass is 680 g/mol. The second-order valence-electron chi connectivity index (χ2n) is 10.4. The van der Waals surface area contributed by atoms with Crippen LogP contribution in [-0.2, 0) is 9.59 Å². The van der Waals surface area contributed by atoms with Gasteiger partial charge in [-0.3, -0.25) is 19.4 Å². The Balaban J connectivity index is 1.15. The molecule has 0 N–H and O–H groups in total. The first-order valence-electron chi connectivity index (χ1n) is 14.4. The summed E-state index contributed by atoms with van der Waals surface area (Å²) in [4.78, 5) is 47.8. The van der Waals surface area contributed by atoms with E-state index in [1.54, 1.807) is 45.5 Å². The number of para-hydroxylation sites is 2. The van der Waals surface area contributed by atoms with E-state index in [9.17, 15) is 9.59 Å². The molecule has 0 unspecified atom stereocenters. The van der Waals surface area contributed by atoms with Gasteiger partial charge in [-0.1, -0.05) is 59.9 Å². The fraction of sp³-hybridized carbons (Fsp3) is 0.118. The van der Waals surface area contributed by atoms with E-state index in [-0.39, 0.29) is 11.8 Å². The molecule has 0 saturated carbocycles. The molecule has 12 heteroatoms. The zero-order chi connectivity index (χ0) is 31.9. The number of rotatable bonds is 6. The van der Waals surface area contributed by atoms with Gasteiger partial charge in [-0.2, -0.15) is 0 Å². The largest absolute Gasteiger partial charge is 0.337 e. The number of hydrogen-bond acceptors (Lipinski definition) is 10. The molecule has 0 bridgehead atoms. The summed E-state index contributed by atoms with van der Waals surface area (Å²) in [6, 6.07) is 23.7. The lowest BCUT2D eigenvalue weighted by Gasteiger charge is -2.15. The zero-order valence-corrected chi connectivity index (χ0v) is 28.3. The molecular formula is C34H28N6O2S4. The highest BCUT2D eigenvalue weighted by atomic mass is 32.2. The third-order valence-electron chi connectivity index (χ3n) is 7.51. The van der Waals surface area contributed by atoms with Crippen molar-refractivity contribution in [3.63, 3.8) is 0 Å². The van der Waals surface area contributed by atoms with E-state index in [2.05, 4.69) is 47.2 Å². The van der Waals surface area contributed by atoms with Gasteiger partial charge in [-0.05, 0) is 72.1 Å². The lowest BCUT2D eigenvalue weighted by molar-refractivity contribution is -0.122. The molecule has 0 aromatic heterocycles. The topological polar surface area (TPSA) is 71.8 Å². The number of amidine groups is 2. The molecule has 8 nitrogen and oxygen atoms in total. The molecular weight excluding hydrogens is 653 g/mol. The van der Waals surface area contributed by atoms with Crippen molar-refractivity contribution < 1.29 is 9.59 Å². The molecule has 0 atom stereocenters. The fourth-order valence-corrected chi connectivity index (χ4v) is 9.95. The Hall–Kier alpha value is -4.10. The van der Waals surface area contributed by atoms with Crippen LogP contribution < -0.4 is 9.80 Å². The predicted molar refractivity (Wildman–Crippen MR) is 195 cm³/mol. The van der Waals surface area contributed by atoms with E-state index in [1.807, 2.05) is 62.6 Å². The fourth-order valence-electron chi connectivity index (χ4n) is 5.24. The molecule has 230 valence electrons. The average molecular weight is 681 g/mol. The maximum Gasteiger partial charge on any atom is 0.269 e. The number of fused-ring (bicyclic) bond motifs is 2. The number of amides is 2. The molecule has 3 aromatic carbocycles. The van der Waals surface area contributed by atoms with Crippen molar-refractivity contribution in [2.45, 2.75) is 9.79 Å². The summed E-state index contributed by atoms with van der Waals surface area (Å²) < 4.78 is 0. The highest BCUT2D eigenvalue weighted by Gasteiger charge is 2.40. The Labute approximate surface area is 284 Å². The summed E-state index contributed by atoms with van der Waals surface area (Å²) in [6.45, 7) is 8.42. The molecule has 0 aliphatic carbocycles. The number of hydrogen-bond donors (Lipinski definition) is 0. The van der Waals surface area contributed by atoms with Crippen LogP contribution in [0.5, 0.6) is 0 Å². The zero-order valence-electron chi connectivity index (χ0n) is 25.0. The van der Waals surface area contributed by atoms with E-state index < -0.39 is 0 Å². The molecule has 0 spiro atoms. The summed E-state index contributed by atoms with van der Waals surface area (Å²) in [5, 5.41) is 2.99. The number of carbonyl (C=O) groups excluding carboxylic acids is 2. The van der Waals surface area contributed by atoms with Gasteiger partial charge in [0, 0.05) is 37.0 Å². The molecule has 4 aliphatic rings. The third-order valence-corrected chi connectivity index (χ3v) is 12.4. The minimum atomic E-state index is -0.0850. The van der Waals surface area contributed by atoms with E-state index in [1.165, 1.54) is 23.5 Å². The van der Waals surface area contributed by atoms with Crippen molar-refractivity contribution >= 4 is 91.9 Å². The van der Waals surface area contributed by atoms with Crippen LogP contribution in [0.4, 0.5) is 22.7 Å². The minimum absolute atomic E-state index is 0.0850. The van der Waals surface area contributed by atoms with Crippen molar-refractivity contribution in [1.29, 1.82) is 0 Å². The van der Waals surface area contributed by atoms with Gasteiger partial charge in [0.25, 0.3) is 11.8 Å². The van der Waals surface area contributed by atoms with Crippen LogP contribution in [0.25, 0.3) is 0 Å². The van der Waals surface area contributed by atoms with Crippen LogP contribution in [0.2, 0.25) is 0 Å². The molecule has 4 heterocycles. The lowest BCUT2D eigenvalue weighted by atomic mass is 10.3. The van der Waals surface area contributed by atoms with E-state index in [0.717, 1.165) is 31.2 Å². The van der Waals surface area contributed by atoms with Gasteiger partial charge in [0.1, 0.15) is 9.81 Å². The van der Waals surface area contributed by atoms with E-state index >= 15 is 0 Å². The number of thioether (sulfide) groups is 4. The van der Waals surface area contributed by atoms with Gasteiger partial charge in [-0.15, -0.1) is 13.2 Å². The van der Waals surface area contributed by atoms with Crippen LogP contribution in [0.3, 0.4) is 0 Å². The molecule has 2 amide bonds. The maximum atomic E-state index is 13.6. The quantitative estimate of drug-likeness (QED) is 0.192. The summed E-state index contributed by atoms with van der Waals surface area (Å²) in [7, 11) is 3.97. The Morgan fingerprint density at radius 1 is 0.609 bits per heavy atom. The van der Waals surface area contributed by atoms with Crippen molar-refractivity contribution in [2.75, 3.05) is 37.0 Å². The highest BCUT2D eigenvalue weighted by molar-refractivity contribution is 8.19. The number of carbonyl (C=O) groups is 2. The van der Waals surface area contributed by atoms with Gasteiger partial charge in [0.05, 0.1) is 32.8 Å². The van der Waals surface area contributed by atoms with Crippen molar-refractivity contribution in [2.24, 2.45) is 9.98 Å². The van der Waals surface area contributed by atoms with Crippen LogP contribution in [0.1, 0.15) is 0 Å². The molecule has 2 fully saturated rings. The standard InChI is InChI=1S/C34H28N6O2S4/c1-5-19-39-29(41)27(31-37(3)23-11-7-9-13-25(23)43-31)45-33(39)35-21-15-17-22(18-16-21)36-34-40(20-6-2)30(42)28(46-34)32-38(4)24-12-8-10-14-26(24)44-32/h5-18H,1-2,19-20H2,3-4H3/b31-27+,32-28+,35-33?,36-34?. The summed E-state index contributed by atoms with van der Waals surface area (Å²) >= 11 is 5.95. The van der Waals surface area contributed by atoms with Crippen LogP contribution >= 0.6 is 47.0 Å². The molecule has 0 radical (unpaired) electrons. The third kappa shape index (κ3) is 5.38. The number of anilines is 2. The van der Waals surface area contributed by atoms with Gasteiger partial charge >= 0.3 is 0 Å². The predicted octanol–water partition coefficient (Wildman–Crippen LogP) is 8.01. The Morgan fingerprint density at radius 3 is 1.37 bits per heavy atom. The molecule has 2 saturated heterocycles. The van der Waals surface area contributed by atoms with Crippen molar-refractivity contribution in [3.05, 3.63) is 118 Å². The van der Waals surface area contributed by atoms with E-state index in [0.29, 0.717) is 44.6 Å². The van der Waals surface area contributed by atoms with Crippen LogP contribution in [-0.4, -0.2) is 59.1 Å². The normalized spacial score (nSPS) is 22.5. The summed E-state index contributed by atoms with van der Waals surface area (Å²) in [5.74, 6) is -0.170. The van der Waals surface area contributed by atoms with Crippen LogP contribution in [0, 0.1) is 0 Å². The molecule has 3 aromatic rings. The average Bonchev–Trinajstić information content (AvgIpc) is 3.77. The van der Waals surface area contributed by atoms with Gasteiger partial charge in [-0.25, -0.2) is 9.98 Å². The van der Waals surface area contributed by atoms with Crippen LogP contribution in [0.15, 0.2) is 138 Å². The highest BCUT2D eigenvalue weighted by Crippen LogP contribution is 2.51. The second kappa shape index (κ2) is 12.6. The number of benzene rings is 3. The SMILES string of the molecule is C=CCN1C(=O)/C(=C2\Sc3ccccc3N2C)SC1=Nc1ccc(N=C2S/C(=C3/Sc4ccccc4N3C)C(=O)N2CC=C)cc1. The second-order valence-corrected chi connectivity index (χ2v) is 14.5. The summed E-state index contributed by atoms with van der Waals surface area (Å²) in [5.41, 5.74) is 3.55. The van der Waals surface area contributed by atoms with Gasteiger partial charge < -0.3 is 9.80 Å². The number of nitrogens with zero attached hydrogens (tertiary/aromatic N) is 6. The van der Waals surface area contributed by atoms with E-state index in [4.69, 9.17) is 9.98 Å². The van der Waals surface area contributed by atoms with Crippen molar-refractivity contribution in [1.82, 2.24) is 9.80 Å². The maximum absolute atomic E-state index is 13.6. The molecule has 7 rings (SSSR count).